The Bertz CT molecular complexity index is 3750. The number of aromatic nitrogens is 3. The molecule has 11 aromatic rings. The minimum atomic E-state index is -2.48. The van der Waals surface area contributed by atoms with Gasteiger partial charge < -0.3 is 5.11 Å². The second-order valence-electron chi connectivity index (χ2n) is 18.6. The van der Waals surface area contributed by atoms with Crippen LogP contribution in [0.4, 0.5) is 0 Å². The largest absolute Gasteiger partial charge is 0.507 e. The highest BCUT2D eigenvalue weighted by Crippen LogP contribution is 2.43. The fourth-order valence-electron chi connectivity index (χ4n) is 9.41. The third-order valence-corrected chi connectivity index (χ3v) is 13.1. The zero-order valence-electron chi connectivity index (χ0n) is 41.7. The van der Waals surface area contributed by atoms with Crippen LogP contribution in [-0.2, 0) is 5.41 Å². The number of hydrogen-bond acceptors (Lipinski definition) is 3. The van der Waals surface area contributed by atoms with E-state index in [1.807, 2.05) is 120 Å². The van der Waals surface area contributed by atoms with Gasteiger partial charge in [-0.25, -0.2) is 4.98 Å². The van der Waals surface area contributed by atoms with Crippen molar-refractivity contribution in [3.63, 3.8) is 0 Å². The van der Waals surface area contributed by atoms with E-state index in [9.17, 15) is 5.11 Å². The Kier molecular flexibility index (Phi) is 10.3. The summed E-state index contributed by atoms with van der Waals surface area (Å²) in [5.74, 6) is 0.524. The summed E-state index contributed by atoms with van der Waals surface area (Å²) in [5, 5.41) is 11.6. The van der Waals surface area contributed by atoms with Crippen LogP contribution < -0.4 is 0 Å². The minimum Gasteiger partial charge on any atom is -0.507 e. The number of phenols is 1. The van der Waals surface area contributed by atoms with Crippen molar-refractivity contribution < 1.29 is 9.22 Å². The Morgan fingerprint density at radius 1 is 0.435 bits per heavy atom. The predicted molar refractivity (Wildman–Crippen MR) is 287 cm³/mol. The van der Waals surface area contributed by atoms with E-state index >= 15 is 0 Å². The molecule has 4 heteroatoms. The Hall–Kier alpha value is -8.60. The zero-order chi connectivity index (χ0) is 49.6. The summed E-state index contributed by atoms with van der Waals surface area (Å²) >= 11 is 0. The van der Waals surface area contributed by atoms with E-state index < -0.39 is 6.85 Å². The molecule has 0 amide bonds. The van der Waals surface area contributed by atoms with Crippen molar-refractivity contribution in [1.29, 1.82) is 0 Å². The summed E-state index contributed by atoms with van der Waals surface area (Å²) in [5.41, 5.74) is 17.1. The lowest BCUT2D eigenvalue weighted by Gasteiger charge is -2.21. The highest BCUT2D eigenvalue weighted by atomic mass is 16.3. The van der Waals surface area contributed by atoms with Crippen molar-refractivity contribution in [2.75, 3.05) is 0 Å². The molecule has 0 saturated heterocycles. The maximum Gasteiger partial charge on any atom is 0.149 e. The number of rotatable bonds is 9. The number of hydrogen-bond donors (Lipinski definition) is 1. The lowest BCUT2D eigenvalue weighted by atomic mass is 9.85. The normalized spacial score (nSPS) is 12.4. The van der Waals surface area contributed by atoms with Crippen molar-refractivity contribution in [1.82, 2.24) is 14.5 Å². The summed E-state index contributed by atoms with van der Waals surface area (Å²) in [4.78, 5) is 10.4. The molecule has 0 atom stereocenters. The fourth-order valence-corrected chi connectivity index (χ4v) is 9.41. The molecule has 2 aromatic heterocycles. The van der Waals surface area contributed by atoms with E-state index in [1.54, 1.807) is 12.1 Å². The highest BCUT2D eigenvalue weighted by molar-refractivity contribution is 5.99. The van der Waals surface area contributed by atoms with Gasteiger partial charge in [-0.2, -0.15) is 0 Å². The smallest absolute Gasteiger partial charge is 0.149 e. The van der Waals surface area contributed by atoms with Gasteiger partial charge in [-0.3, -0.25) is 9.55 Å². The molecule has 0 bridgehead atoms. The molecule has 69 heavy (non-hydrogen) atoms. The molecule has 2 heterocycles. The van der Waals surface area contributed by atoms with Crippen LogP contribution in [0.3, 0.4) is 0 Å². The molecular formula is C65H51N3O. The maximum atomic E-state index is 11.6. The van der Waals surface area contributed by atoms with Crippen LogP contribution in [0, 0.1) is 6.85 Å². The third-order valence-electron chi connectivity index (χ3n) is 13.1. The maximum absolute atomic E-state index is 11.6. The van der Waals surface area contributed by atoms with E-state index in [2.05, 4.69) is 124 Å². The molecule has 4 nitrogen and oxygen atoms in total. The Morgan fingerprint density at radius 3 is 1.65 bits per heavy atom. The van der Waals surface area contributed by atoms with Crippen LogP contribution in [-0.4, -0.2) is 19.6 Å². The van der Waals surface area contributed by atoms with Gasteiger partial charge in [-0.15, -0.1) is 0 Å². The molecule has 0 unspecified atom stereocenters. The summed E-state index contributed by atoms with van der Waals surface area (Å²) in [6.45, 7) is 4.03. The second kappa shape index (κ2) is 17.9. The number of aromatic hydroxyl groups is 1. The van der Waals surface area contributed by atoms with Gasteiger partial charge in [0.25, 0.3) is 0 Å². The predicted octanol–water partition coefficient (Wildman–Crippen LogP) is 17.1. The average Bonchev–Trinajstić information content (AvgIpc) is 3.80. The number of benzene rings is 9. The Labute approximate surface area is 408 Å². The molecule has 0 radical (unpaired) electrons. The van der Waals surface area contributed by atoms with Crippen molar-refractivity contribution in [3.05, 3.63) is 242 Å². The van der Waals surface area contributed by atoms with Gasteiger partial charge in [0, 0.05) is 27.0 Å². The van der Waals surface area contributed by atoms with Crippen LogP contribution in [0.5, 0.6) is 5.75 Å². The lowest BCUT2D eigenvalue weighted by Crippen LogP contribution is -2.10. The molecule has 1 N–H and O–H groups in total. The fraction of sp³-hybridized carbons (Fsp3) is 0.0769. The SMILES string of the molecule is [2H]C([2H])([2H])c1cc(-n2c(-c3ccccc3O)nc3c(-c4cc(-c5ccccc5)cc(-c5cc(-c6ccc(-c7ccccc7)cc6)ccn5)c4)cccc32)c(-c2ccccc2)cc1-c1ccc(C(C)(C)C)cc1. The zero-order valence-corrected chi connectivity index (χ0v) is 38.7. The van der Waals surface area contributed by atoms with Gasteiger partial charge in [0.15, 0.2) is 0 Å². The monoisotopic (exact) mass is 892 g/mol. The van der Waals surface area contributed by atoms with Crippen molar-refractivity contribution >= 4 is 11.0 Å². The molecular weight excluding hydrogens is 839 g/mol. The van der Waals surface area contributed by atoms with Crippen molar-refractivity contribution in [3.8, 4) is 101 Å². The molecule has 9 aromatic carbocycles. The number of fused-ring (bicyclic) bond motifs is 1. The molecule has 0 fully saturated rings. The number of para-hydroxylation sites is 2. The average molecular weight is 893 g/mol. The molecule has 0 aliphatic rings. The van der Waals surface area contributed by atoms with Crippen molar-refractivity contribution in [2.45, 2.75) is 33.0 Å². The first-order chi connectivity index (χ1) is 34.9. The molecule has 0 saturated carbocycles. The van der Waals surface area contributed by atoms with Crippen LogP contribution in [0.15, 0.2) is 231 Å². The van der Waals surface area contributed by atoms with Gasteiger partial charge in [-0.05, 0) is 140 Å². The summed E-state index contributed by atoms with van der Waals surface area (Å²) in [6.07, 6.45) is 1.87. The third kappa shape index (κ3) is 8.43. The van der Waals surface area contributed by atoms with E-state index in [0.717, 1.165) is 78.0 Å². The van der Waals surface area contributed by atoms with Gasteiger partial charge in [0.2, 0.25) is 0 Å². The quantitative estimate of drug-likeness (QED) is 0.157. The number of nitrogens with zero attached hydrogens (tertiary/aromatic N) is 3. The van der Waals surface area contributed by atoms with Crippen LogP contribution in [0.2, 0.25) is 0 Å². The minimum absolute atomic E-state index is 0.0532. The van der Waals surface area contributed by atoms with Gasteiger partial charge in [-0.1, -0.05) is 185 Å². The standard InChI is InChI=1S/C65H51N3O/c1-43-37-61(58(48-21-12-7-13-22-48)42-57(43)49-31-33-54(34-32-49)65(2,3)4)68-60-25-16-24-55(63(60)67-64(68)56-23-14-15-26-62(56)69)52-38-51(45-19-10-6-11-20-45)39-53(40-52)59-41-50(35-36-66-59)47-29-27-46(28-30-47)44-17-8-5-9-18-44/h5-42,69H,1-4H3/i1D3. The number of aryl methyl sites for hydroxylation is 1. The molecule has 332 valence electrons. The summed E-state index contributed by atoms with van der Waals surface area (Å²) in [7, 11) is 0. The molecule has 0 aliphatic heterocycles. The topological polar surface area (TPSA) is 50.9 Å². The first-order valence-electron chi connectivity index (χ1n) is 24.9. The van der Waals surface area contributed by atoms with Gasteiger partial charge >= 0.3 is 0 Å². The Morgan fingerprint density at radius 2 is 0.986 bits per heavy atom. The van der Waals surface area contributed by atoms with E-state index in [-0.39, 0.29) is 16.7 Å². The van der Waals surface area contributed by atoms with Gasteiger partial charge in [0.05, 0.1) is 28.0 Å². The van der Waals surface area contributed by atoms with E-state index in [4.69, 9.17) is 14.1 Å². The number of pyridine rings is 1. The molecule has 0 aliphatic carbocycles. The van der Waals surface area contributed by atoms with Gasteiger partial charge in [0.1, 0.15) is 11.6 Å². The first-order valence-corrected chi connectivity index (χ1v) is 23.4. The highest BCUT2D eigenvalue weighted by Gasteiger charge is 2.24. The molecule has 11 rings (SSSR count). The van der Waals surface area contributed by atoms with Crippen LogP contribution in [0.25, 0.3) is 106 Å². The summed E-state index contributed by atoms with van der Waals surface area (Å²) < 4.78 is 29.1. The second-order valence-corrected chi connectivity index (χ2v) is 18.6. The van der Waals surface area contributed by atoms with E-state index in [0.29, 0.717) is 28.2 Å². The summed E-state index contributed by atoms with van der Waals surface area (Å²) in [6, 6.07) is 75.5. The van der Waals surface area contributed by atoms with E-state index in [1.165, 1.54) is 5.56 Å². The van der Waals surface area contributed by atoms with Crippen LogP contribution >= 0.6 is 0 Å². The first kappa shape index (κ1) is 39.6. The number of phenolic OH excluding ortho intramolecular Hbond substituents is 1. The Balaban J connectivity index is 1.13. The van der Waals surface area contributed by atoms with Crippen LogP contribution in [0.1, 0.15) is 36.0 Å². The number of imidazole rings is 1. The van der Waals surface area contributed by atoms with Crippen molar-refractivity contribution in [2.24, 2.45) is 0 Å². The lowest BCUT2D eigenvalue weighted by molar-refractivity contribution is 0.477. The molecule has 0 spiro atoms.